The highest BCUT2D eigenvalue weighted by Gasteiger charge is 2.20. The molecule has 0 saturated heterocycles. The third-order valence-corrected chi connectivity index (χ3v) is 3.75. The lowest BCUT2D eigenvalue weighted by molar-refractivity contribution is 0.600. The van der Waals surface area contributed by atoms with E-state index >= 15 is 0 Å². The number of nitrogens with zero attached hydrogens (tertiary/aromatic N) is 4. The minimum atomic E-state index is 0.158. The third-order valence-electron chi connectivity index (χ3n) is 2.86. The fourth-order valence-electron chi connectivity index (χ4n) is 1.85. The van der Waals surface area contributed by atoms with Crippen molar-refractivity contribution in [3.05, 3.63) is 28.5 Å². The monoisotopic (exact) mass is 265 g/mol. The van der Waals surface area contributed by atoms with Gasteiger partial charge in [0.1, 0.15) is 0 Å². The van der Waals surface area contributed by atoms with Gasteiger partial charge < -0.3 is 5.32 Å². The molecule has 0 saturated carbocycles. The van der Waals surface area contributed by atoms with Crippen molar-refractivity contribution in [2.45, 2.75) is 39.8 Å². The molecule has 1 N–H and O–H groups in total. The number of rotatable bonds is 6. The molecule has 1 unspecified atom stereocenters. The first-order valence-corrected chi connectivity index (χ1v) is 7.08. The number of aromatic nitrogens is 4. The second kappa shape index (κ2) is 6.06. The van der Waals surface area contributed by atoms with Crippen LogP contribution in [-0.2, 0) is 6.54 Å². The zero-order chi connectivity index (χ0) is 13.0. The molecule has 98 valence electrons. The van der Waals surface area contributed by atoms with E-state index in [1.54, 1.807) is 0 Å². The van der Waals surface area contributed by atoms with Crippen LogP contribution in [-0.4, -0.2) is 25.9 Å². The van der Waals surface area contributed by atoms with Crippen molar-refractivity contribution >= 4 is 11.5 Å². The third kappa shape index (κ3) is 2.76. The molecule has 2 rings (SSSR count). The van der Waals surface area contributed by atoms with Crippen molar-refractivity contribution in [1.29, 1.82) is 0 Å². The molecule has 2 aromatic heterocycles. The van der Waals surface area contributed by atoms with E-state index in [1.807, 2.05) is 17.8 Å². The van der Waals surface area contributed by atoms with Crippen LogP contribution in [0.4, 0.5) is 0 Å². The fraction of sp³-hybridized carbons (Fsp3) is 0.583. The lowest BCUT2D eigenvalue weighted by Crippen LogP contribution is -2.22. The highest BCUT2D eigenvalue weighted by atomic mass is 32.1. The summed E-state index contributed by atoms with van der Waals surface area (Å²) in [6.45, 7) is 8.12. The van der Waals surface area contributed by atoms with Crippen LogP contribution >= 0.6 is 11.5 Å². The first-order valence-electron chi connectivity index (χ1n) is 6.30. The summed E-state index contributed by atoms with van der Waals surface area (Å²) in [6, 6.07) is 0.158. The summed E-state index contributed by atoms with van der Waals surface area (Å²) in [5, 5.41) is 12.0. The molecule has 0 aliphatic carbocycles. The summed E-state index contributed by atoms with van der Waals surface area (Å²) in [5.74, 6) is 0. The minimum Gasteiger partial charge on any atom is -0.305 e. The van der Waals surface area contributed by atoms with Gasteiger partial charge in [0, 0.05) is 18.3 Å². The standard InChI is InChI=1S/C12H19N5S/c1-4-6-13-11(12-9(3)15-16-18-12)10-7-14-17(5-2)8-10/h7-8,11,13H,4-6H2,1-3H3. The Kier molecular flexibility index (Phi) is 4.43. The van der Waals surface area contributed by atoms with E-state index < -0.39 is 0 Å². The van der Waals surface area contributed by atoms with E-state index in [-0.39, 0.29) is 6.04 Å². The SMILES string of the molecule is CCCNC(c1cnn(CC)c1)c1snnc1C. The van der Waals surface area contributed by atoms with Crippen LogP contribution in [0, 0.1) is 6.92 Å². The van der Waals surface area contributed by atoms with Crippen LogP contribution in [0.2, 0.25) is 0 Å². The second-order valence-corrected chi connectivity index (χ2v) is 5.02. The molecule has 0 amide bonds. The average molecular weight is 265 g/mol. The van der Waals surface area contributed by atoms with Crippen molar-refractivity contribution < 1.29 is 0 Å². The van der Waals surface area contributed by atoms with Gasteiger partial charge in [-0.1, -0.05) is 11.4 Å². The van der Waals surface area contributed by atoms with Gasteiger partial charge in [-0.3, -0.25) is 4.68 Å². The van der Waals surface area contributed by atoms with E-state index in [1.165, 1.54) is 22.0 Å². The lowest BCUT2D eigenvalue weighted by Gasteiger charge is -2.15. The molecule has 0 spiro atoms. The van der Waals surface area contributed by atoms with Crippen LogP contribution in [0.25, 0.3) is 0 Å². The summed E-state index contributed by atoms with van der Waals surface area (Å²) in [6.07, 6.45) is 5.12. The van der Waals surface area contributed by atoms with Gasteiger partial charge in [0.15, 0.2) is 0 Å². The highest BCUT2D eigenvalue weighted by molar-refractivity contribution is 7.05. The maximum atomic E-state index is 4.34. The van der Waals surface area contributed by atoms with Crippen molar-refractivity contribution in [3.63, 3.8) is 0 Å². The Morgan fingerprint density at radius 3 is 2.83 bits per heavy atom. The Balaban J connectivity index is 2.27. The molecule has 2 aromatic rings. The predicted octanol–water partition coefficient (Wildman–Crippen LogP) is 2.15. The predicted molar refractivity (Wildman–Crippen MR) is 72.7 cm³/mol. The van der Waals surface area contributed by atoms with Crippen LogP contribution in [0.5, 0.6) is 0 Å². The number of hydrogen-bond donors (Lipinski definition) is 1. The van der Waals surface area contributed by atoms with E-state index in [0.29, 0.717) is 0 Å². The Morgan fingerprint density at radius 2 is 2.28 bits per heavy atom. The molecule has 18 heavy (non-hydrogen) atoms. The van der Waals surface area contributed by atoms with Crippen molar-refractivity contribution in [1.82, 2.24) is 24.7 Å². The van der Waals surface area contributed by atoms with Gasteiger partial charge in [0.25, 0.3) is 0 Å². The molecule has 5 nitrogen and oxygen atoms in total. The maximum absolute atomic E-state index is 4.34. The van der Waals surface area contributed by atoms with Gasteiger partial charge in [-0.15, -0.1) is 5.10 Å². The molecule has 0 radical (unpaired) electrons. The molecule has 0 fully saturated rings. The maximum Gasteiger partial charge on any atom is 0.0776 e. The fourth-order valence-corrected chi connectivity index (χ4v) is 2.60. The molecular weight excluding hydrogens is 246 g/mol. The number of hydrogen-bond acceptors (Lipinski definition) is 5. The van der Waals surface area contributed by atoms with Crippen LogP contribution in [0.1, 0.15) is 42.4 Å². The van der Waals surface area contributed by atoms with E-state index in [0.717, 1.165) is 25.2 Å². The van der Waals surface area contributed by atoms with Crippen molar-refractivity contribution in [2.75, 3.05) is 6.54 Å². The van der Waals surface area contributed by atoms with E-state index in [2.05, 4.69) is 40.0 Å². The molecule has 0 aliphatic heterocycles. The van der Waals surface area contributed by atoms with Crippen LogP contribution in [0.15, 0.2) is 12.4 Å². The Bertz CT molecular complexity index is 490. The largest absolute Gasteiger partial charge is 0.305 e. The summed E-state index contributed by atoms with van der Waals surface area (Å²) in [4.78, 5) is 1.18. The summed E-state index contributed by atoms with van der Waals surface area (Å²) in [5.41, 5.74) is 2.18. The number of nitrogens with one attached hydrogen (secondary N) is 1. The lowest BCUT2D eigenvalue weighted by atomic mass is 10.1. The topological polar surface area (TPSA) is 55.6 Å². The van der Waals surface area contributed by atoms with Gasteiger partial charge in [0.05, 0.1) is 22.8 Å². The van der Waals surface area contributed by atoms with Crippen LogP contribution in [0.3, 0.4) is 0 Å². The molecular formula is C12H19N5S. The quantitative estimate of drug-likeness (QED) is 0.869. The van der Waals surface area contributed by atoms with Crippen molar-refractivity contribution in [3.8, 4) is 0 Å². The first-order chi connectivity index (χ1) is 8.76. The Labute approximate surface area is 111 Å². The highest BCUT2D eigenvalue weighted by Crippen LogP contribution is 2.26. The minimum absolute atomic E-state index is 0.158. The van der Waals surface area contributed by atoms with Crippen LogP contribution < -0.4 is 5.32 Å². The zero-order valence-corrected chi connectivity index (χ0v) is 11.9. The smallest absolute Gasteiger partial charge is 0.0776 e. The normalized spacial score (nSPS) is 12.8. The number of aryl methyl sites for hydroxylation is 2. The summed E-state index contributed by atoms with van der Waals surface area (Å²) in [7, 11) is 0. The average Bonchev–Trinajstić information content (AvgIpc) is 3.00. The van der Waals surface area contributed by atoms with Gasteiger partial charge >= 0.3 is 0 Å². The first kappa shape index (κ1) is 13.2. The van der Waals surface area contributed by atoms with Gasteiger partial charge in [-0.25, -0.2) is 0 Å². The van der Waals surface area contributed by atoms with E-state index in [4.69, 9.17) is 0 Å². The molecule has 0 bridgehead atoms. The molecule has 1 atom stereocenters. The molecule has 0 aromatic carbocycles. The molecule has 2 heterocycles. The summed E-state index contributed by atoms with van der Waals surface area (Å²) < 4.78 is 5.97. The van der Waals surface area contributed by atoms with E-state index in [9.17, 15) is 0 Å². The Morgan fingerprint density at radius 1 is 1.44 bits per heavy atom. The second-order valence-electron chi connectivity index (χ2n) is 4.24. The van der Waals surface area contributed by atoms with Gasteiger partial charge in [0.2, 0.25) is 0 Å². The molecule has 6 heteroatoms. The van der Waals surface area contributed by atoms with Gasteiger partial charge in [-0.2, -0.15) is 5.10 Å². The zero-order valence-electron chi connectivity index (χ0n) is 11.1. The Hall–Kier alpha value is -1.27. The molecule has 0 aliphatic rings. The van der Waals surface area contributed by atoms with Gasteiger partial charge in [-0.05, 0) is 38.3 Å². The van der Waals surface area contributed by atoms with Crippen molar-refractivity contribution in [2.24, 2.45) is 0 Å². The summed E-state index contributed by atoms with van der Waals surface area (Å²) >= 11 is 1.46.